The summed E-state index contributed by atoms with van der Waals surface area (Å²) < 4.78 is 27.8. The molecule has 2 aromatic heterocycles. The molecule has 31 heavy (non-hydrogen) atoms. The number of benzene rings is 1. The van der Waals surface area contributed by atoms with Gasteiger partial charge >= 0.3 is 0 Å². The van der Waals surface area contributed by atoms with Gasteiger partial charge in [-0.05, 0) is 42.7 Å². The zero-order valence-electron chi connectivity index (χ0n) is 16.4. The van der Waals surface area contributed by atoms with Crippen molar-refractivity contribution in [2.45, 2.75) is 37.6 Å². The zero-order valence-corrected chi connectivity index (χ0v) is 16.4. The fourth-order valence-electron chi connectivity index (χ4n) is 3.58. The third kappa shape index (κ3) is 4.38. The van der Waals surface area contributed by atoms with Crippen molar-refractivity contribution < 1.29 is 13.6 Å². The van der Waals surface area contributed by atoms with E-state index in [2.05, 4.69) is 15.4 Å². The van der Waals surface area contributed by atoms with Crippen LogP contribution in [-0.2, 0) is 0 Å². The number of H-pyrrole nitrogens is 1. The maximum Gasteiger partial charge on any atom is 0.280 e. The van der Waals surface area contributed by atoms with E-state index in [0.29, 0.717) is 22.5 Å². The van der Waals surface area contributed by atoms with Crippen LogP contribution in [0.3, 0.4) is 0 Å². The number of nitrogens with one attached hydrogen (secondary N) is 2. The Morgan fingerprint density at radius 1 is 1.19 bits per heavy atom. The summed E-state index contributed by atoms with van der Waals surface area (Å²) in [7, 11) is 0. The summed E-state index contributed by atoms with van der Waals surface area (Å²) >= 11 is 0. The van der Waals surface area contributed by atoms with E-state index in [1.165, 1.54) is 23.0 Å². The average Bonchev–Trinajstić information content (AvgIpc) is 3.16. The Labute approximate surface area is 176 Å². The number of rotatable bonds is 4. The molecule has 1 fully saturated rings. The van der Waals surface area contributed by atoms with Gasteiger partial charge in [-0.1, -0.05) is 12.1 Å². The van der Waals surface area contributed by atoms with Gasteiger partial charge in [0.05, 0.1) is 22.8 Å². The maximum atomic E-state index is 13.3. The topological polar surface area (TPSA) is 104 Å². The van der Waals surface area contributed by atoms with Gasteiger partial charge in [0.1, 0.15) is 0 Å². The van der Waals surface area contributed by atoms with Gasteiger partial charge in [-0.3, -0.25) is 14.7 Å². The first-order valence-electron chi connectivity index (χ1n) is 9.82. The van der Waals surface area contributed by atoms with Crippen LogP contribution in [0.2, 0.25) is 0 Å². The molecule has 0 atom stereocenters. The Hall–Kier alpha value is -3.80. The number of aromatic nitrogens is 3. The fourth-order valence-corrected chi connectivity index (χ4v) is 3.58. The third-order valence-corrected chi connectivity index (χ3v) is 5.39. The Morgan fingerprint density at radius 2 is 1.90 bits per heavy atom. The van der Waals surface area contributed by atoms with Crippen molar-refractivity contribution in [3.63, 3.8) is 0 Å². The summed E-state index contributed by atoms with van der Waals surface area (Å²) in [5, 5.41) is 14.5. The minimum Gasteiger partial charge on any atom is -0.349 e. The second-order valence-electron chi connectivity index (χ2n) is 7.53. The third-order valence-electron chi connectivity index (χ3n) is 5.39. The number of aromatic amines is 1. The van der Waals surface area contributed by atoms with E-state index < -0.39 is 5.92 Å². The molecule has 0 bridgehead atoms. The van der Waals surface area contributed by atoms with Gasteiger partial charge in [0.25, 0.3) is 11.5 Å². The second-order valence-corrected chi connectivity index (χ2v) is 7.53. The standard InChI is InChI=1S/C22H19F2N5O2/c23-22(24)9-7-17(8-10-22)28-20(30)16-5-6-19(26-12-16)29-21(31)18(13-27-29)15-3-1-14(11-25)2-4-15/h1-6,12-13,17,27H,7-10H2,(H,28,30). The van der Waals surface area contributed by atoms with Crippen LogP contribution in [-0.4, -0.2) is 32.6 Å². The van der Waals surface area contributed by atoms with E-state index in [0.717, 1.165) is 0 Å². The second kappa shape index (κ2) is 8.14. The molecule has 158 valence electrons. The maximum absolute atomic E-state index is 13.3. The number of nitriles is 1. The number of pyridine rings is 1. The van der Waals surface area contributed by atoms with Gasteiger partial charge in [-0.15, -0.1) is 0 Å². The highest BCUT2D eigenvalue weighted by Crippen LogP contribution is 2.33. The Bertz CT molecular complexity index is 1180. The van der Waals surface area contributed by atoms with Crippen LogP contribution < -0.4 is 10.9 Å². The van der Waals surface area contributed by atoms with Crippen molar-refractivity contribution in [2.24, 2.45) is 0 Å². The quantitative estimate of drug-likeness (QED) is 0.671. The summed E-state index contributed by atoms with van der Waals surface area (Å²) in [6.07, 6.45) is 2.90. The first-order chi connectivity index (χ1) is 14.9. The summed E-state index contributed by atoms with van der Waals surface area (Å²) in [6, 6.07) is 11.4. The van der Waals surface area contributed by atoms with E-state index in [9.17, 15) is 18.4 Å². The molecule has 2 heterocycles. The number of alkyl halides is 2. The van der Waals surface area contributed by atoms with Crippen LogP contribution in [0.25, 0.3) is 16.9 Å². The van der Waals surface area contributed by atoms with Gasteiger partial charge in [0, 0.05) is 31.3 Å². The van der Waals surface area contributed by atoms with Crippen molar-refractivity contribution in [1.82, 2.24) is 20.1 Å². The number of carbonyl (C=O) groups excluding carboxylic acids is 1. The normalized spacial score (nSPS) is 15.9. The van der Waals surface area contributed by atoms with Crippen LogP contribution in [0.4, 0.5) is 8.78 Å². The molecule has 0 radical (unpaired) electrons. The van der Waals surface area contributed by atoms with Crippen LogP contribution in [0.15, 0.2) is 53.6 Å². The van der Waals surface area contributed by atoms with E-state index >= 15 is 0 Å². The molecule has 7 nitrogen and oxygen atoms in total. The molecule has 1 aliphatic carbocycles. The summed E-state index contributed by atoms with van der Waals surface area (Å²) in [5.41, 5.74) is 1.54. The van der Waals surface area contributed by atoms with Gasteiger partial charge < -0.3 is 5.32 Å². The van der Waals surface area contributed by atoms with Crippen LogP contribution in [0.1, 0.15) is 41.6 Å². The number of hydrogen-bond donors (Lipinski definition) is 2. The van der Waals surface area contributed by atoms with Crippen molar-refractivity contribution >= 4 is 5.91 Å². The predicted octanol–water partition coefficient (Wildman–Crippen LogP) is 3.41. The first-order valence-corrected chi connectivity index (χ1v) is 9.82. The number of amides is 1. The van der Waals surface area contributed by atoms with Crippen molar-refractivity contribution in [1.29, 1.82) is 5.26 Å². The Balaban J connectivity index is 1.47. The van der Waals surface area contributed by atoms with Crippen LogP contribution in [0.5, 0.6) is 0 Å². The molecule has 0 unspecified atom stereocenters. The van der Waals surface area contributed by atoms with Crippen molar-refractivity contribution in [3.05, 3.63) is 70.3 Å². The van der Waals surface area contributed by atoms with Gasteiger partial charge in [0.15, 0.2) is 5.82 Å². The number of nitrogens with zero attached hydrogens (tertiary/aromatic N) is 3. The molecule has 1 amide bonds. The molecule has 2 N–H and O–H groups in total. The lowest BCUT2D eigenvalue weighted by atomic mass is 9.92. The Kier molecular flexibility index (Phi) is 5.38. The summed E-state index contributed by atoms with van der Waals surface area (Å²) in [5.74, 6) is -2.73. The zero-order chi connectivity index (χ0) is 22.0. The number of carbonyl (C=O) groups is 1. The lowest BCUT2D eigenvalue weighted by Crippen LogP contribution is -2.40. The molecular formula is C22H19F2N5O2. The average molecular weight is 423 g/mol. The van der Waals surface area contributed by atoms with E-state index in [4.69, 9.17) is 5.26 Å². The SMILES string of the molecule is N#Cc1ccc(-c2c[nH]n(-c3ccc(C(=O)NC4CCC(F)(F)CC4)cn3)c2=O)cc1. The smallest absolute Gasteiger partial charge is 0.280 e. The van der Waals surface area contributed by atoms with E-state index in [1.54, 1.807) is 30.5 Å². The van der Waals surface area contributed by atoms with Crippen LogP contribution in [0, 0.1) is 11.3 Å². The summed E-state index contributed by atoms with van der Waals surface area (Å²) in [4.78, 5) is 29.3. The molecule has 4 rings (SSSR count). The molecule has 0 spiro atoms. The molecule has 3 aromatic rings. The minimum atomic E-state index is -2.65. The molecule has 0 saturated heterocycles. The minimum absolute atomic E-state index is 0.230. The van der Waals surface area contributed by atoms with Crippen molar-refractivity contribution in [3.8, 4) is 23.0 Å². The van der Waals surface area contributed by atoms with E-state index in [1.807, 2.05) is 6.07 Å². The number of hydrogen-bond acceptors (Lipinski definition) is 4. The van der Waals surface area contributed by atoms with Crippen molar-refractivity contribution in [2.75, 3.05) is 0 Å². The lowest BCUT2D eigenvalue weighted by Gasteiger charge is -2.28. The highest BCUT2D eigenvalue weighted by Gasteiger charge is 2.35. The molecule has 0 aliphatic heterocycles. The molecule has 1 aromatic carbocycles. The molecule has 9 heteroatoms. The summed E-state index contributed by atoms with van der Waals surface area (Å²) in [6.45, 7) is 0. The largest absolute Gasteiger partial charge is 0.349 e. The predicted molar refractivity (Wildman–Crippen MR) is 109 cm³/mol. The fraction of sp³-hybridized carbons (Fsp3) is 0.273. The molecule has 1 aliphatic rings. The Morgan fingerprint density at radius 3 is 2.52 bits per heavy atom. The monoisotopic (exact) mass is 423 g/mol. The van der Waals surface area contributed by atoms with Gasteiger partial charge in [0.2, 0.25) is 5.92 Å². The van der Waals surface area contributed by atoms with E-state index in [-0.39, 0.29) is 48.8 Å². The highest BCUT2D eigenvalue weighted by atomic mass is 19.3. The molecular weight excluding hydrogens is 404 g/mol. The van der Waals surface area contributed by atoms with Crippen LogP contribution >= 0.6 is 0 Å². The van der Waals surface area contributed by atoms with Gasteiger partial charge in [-0.25, -0.2) is 18.4 Å². The first kappa shape index (κ1) is 20.5. The lowest BCUT2D eigenvalue weighted by molar-refractivity contribution is -0.0399. The van der Waals surface area contributed by atoms with Gasteiger partial charge in [-0.2, -0.15) is 5.26 Å². The molecule has 1 saturated carbocycles. The highest BCUT2D eigenvalue weighted by molar-refractivity contribution is 5.94. The number of halogens is 2.